The molecule has 0 aliphatic rings. The Hall–Kier alpha value is -2.65. The van der Waals surface area contributed by atoms with Crippen LogP contribution >= 0.6 is 0 Å². The third-order valence-electron chi connectivity index (χ3n) is 3.49. The van der Waals surface area contributed by atoms with Gasteiger partial charge < -0.3 is 14.8 Å². The van der Waals surface area contributed by atoms with Crippen molar-refractivity contribution in [1.82, 2.24) is 9.71 Å². The van der Waals surface area contributed by atoms with Crippen LogP contribution in [0, 0.1) is 6.92 Å². The van der Waals surface area contributed by atoms with Crippen LogP contribution in [0.25, 0.3) is 0 Å². The van der Waals surface area contributed by atoms with Crippen LogP contribution in [-0.4, -0.2) is 40.1 Å². The Kier molecular flexibility index (Phi) is 6.53. The summed E-state index contributed by atoms with van der Waals surface area (Å²) >= 11 is 0. The second-order valence-corrected chi connectivity index (χ2v) is 7.20. The number of benzene rings is 1. The van der Waals surface area contributed by atoms with Gasteiger partial charge in [0, 0.05) is 25.2 Å². The van der Waals surface area contributed by atoms with Gasteiger partial charge in [0.15, 0.2) is 11.5 Å². The summed E-state index contributed by atoms with van der Waals surface area (Å²) in [6.07, 6.45) is 1.56. The number of nitrogens with zero attached hydrogens (tertiary/aromatic N) is 1. The fourth-order valence-corrected chi connectivity index (χ4v) is 3.22. The van der Waals surface area contributed by atoms with Crippen LogP contribution in [0.2, 0.25) is 0 Å². The van der Waals surface area contributed by atoms with Crippen LogP contribution in [0.1, 0.15) is 12.0 Å². The maximum Gasteiger partial charge on any atom is 0.240 e. The van der Waals surface area contributed by atoms with Crippen LogP contribution in [0.5, 0.6) is 11.5 Å². The van der Waals surface area contributed by atoms with Crippen molar-refractivity contribution in [2.75, 3.05) is 26.1 Å². The van der Waals surface area contributed by atoms with Crippen LogP contribution < -0.4 is 19.5 Å². The molecule has 8 nitrogen and oxygen atoms in total. The Bertz CT molecular complexity index is 884. The van der Waals surface area contributed by atoms with Crippen molar-refractivity contribution >= 4 is 21.7 Å². The molecule has 0 saturated heterocycles. The molecule has 0 aliphatic heterocycles. The highest BCUT2D eigenvalue weighted by Gasteiger charge is 2.17. The van der Waals surface area contributed by atoms with Gasteiger partial charge in [-0.15, -0.1) is 0 Å². The van der Waals surface area contributed by atoms with Gasteiger partial charge in [-0.25, -0.2) is 18.1 Å². The topological polar surface area (TPSA) is 107 Å². The number of sulfonamides is 1. The molecule has 1 aromatic heterocycles. The van der Waals surface area contributed by atoms with E-state index in [2.05, 4.69) is 15.0 Å². The van der Waals surface area contributed by atoms with Gasteiger partial charge in [-0.1, -0.05) is 0 Å². The summed E-state index contributed by atoms with van der Waals surface area (Å²) < 4.78 is 37.2. The van der Waals surface area contributed by atoms with Gasteiger partial charge in [-0.05, 0) is 36.8 Å². The Labute approximate surface area is 152 Å². The molecular formula is C17H21N3O5S. The highest BCUT2D eigenvalue weighted by atomic mass is 32.2. The van der Waals surface area contributed by atoms with Crippen molar-refractivity contribution in [1.29, 1.82) is 0 Å². The van der Waals surface area contributed by atoms with Gasteiger partial charge in [0.2, 0.25) is 15.9 Å². The maximum atomic E-state index is 12.3. The number of aromatic nitrogens is 1. The number of hydrogen-bond acceptors (Lipinski definition) is 6. The molecule has 2 N–H and O–H groups in total. The van der Waals surface area contributed by atoms with E-state index < -0.39 is 10.0 Å². The summed E-state index contributed by atoms with van der Waals surface area (Å²) in [6.45, 7) is 1.84. The van der Waals surface area contributed by atoms with Crippen molar-refractivity contribution in [3.05, 3.63) is 42.1 Å². The molecule has 0 saturated carbocycles. The molecule has 0 atom stereocenters. The molecule has 2 rings (SSSR count). The summed E-state index contributed by atoms with van der Waals surface area (Å²) in [5.41, 5.74) is 0.962. The standard InChI is InChI=1S/C17H21N3O5S/c1-12-6-8-18-16(10-12)20-17(21)7-9-19-26(22,23)13-4-5-14(24-2)15(11-13)25-3/h4-6,8,10-11,19H,7,9H2,1-3H3,(H,18,20,21). The number of hydrogen-bond donors (Lipinski definition) is 2. The Morgan fingerprint density at radius 3 is 2.50 bits per heavy atom. The van der Waals surface area contributed by atoms with Gasteiger partial charge in [0.25, 0.3) is 0 Å². The summed E-state index contributed by atoms with van der Waals surface area (Å²) in [5, 5.41) is 2.62. The zero-order chi connectivity index (χ0) is 19.2. The number of rotatable bonds is 8. The number of pyridine rings is 1. The van der Waals surface area contributed by atoms with Crippen LogP contribution in [-0.2, 0) is 14.8 Å². The zero-order valence-corrected chi connectivity index (χ0v) is 15.6. The van der Waals surface area contributed by atoms with Crippen LogP contribution in [0.15, 0.2) is 41.4 Å². The molecule has 140 valence electrons. The third kappa shape index (κ3) is 5.17. The summed E-state index contributed by atoms with van der Waals surface area (Å²) in [5.74, 6) is 0.825. The number of carbonyl (C=O) groups is 1. The molecule has 0 bridgehead atoms. The van der Waals surface area contributed by atoms with Crippen LogP contribution in [0.4, 0.5) is 5.82 Å². The first-order chi connectivity index (χ1) is 12.4. The number of aryl methyl sites for hydroxylation is 1. The van der Waals surface area contributed by atoms with Gasteiger partial charge in [-0.2, -0.15) is 0 Å². The number of carbonyl (C=O) groups excluding carboxylic acids is 1. The van der Waals surface area contributed by atoms with E-state index in [9.17, 15) is 13.2 Å². The Morgan fingerprint density at radius 1 is 1.12 bits per heavy atom. The second kappa shape index (κ2) is 8.63. The van der Waals surface area contributed by atoms with Crippen molar-refractivity contribution in [2.45, 2.75) is 18.2 Å². The molecule has 1 heterocycles. The fraction of sp³-hybridized carbons (Fsp3) is 0.294. The largest absolute Gasteiger partial charge is 0.493 e. The van der Waals surface area contributed by atoms with E-state index in [0.717, 1.165) is 5.56 Å². The minimum atomic E-state index is -3.77. The van der Waals surface area contributed by atoms with E-state index in [0.29, 0.717) is 17.3 Å². The first-order valence-electron chi connectivity index (χ1n) is 7.80. The Balaban J connectivity index is 1.94. The summed E-state index contributed by atoms with van der Waals surface area (Å²) in [7, 11) is -0.888. The molecule has 1 aromatic carbocycles. The van der Waals surface area contributed by atoms with E-state index in [1.807, 2.05) is 13.0 Å². The summed E-state index contributed by atoms with van der Waals surface area (Å²) in [4.78, 5) is 16.0. The summed E-state index contributed by atoms with van der Waals surface area (Å²) in [6, 6.07) is 7.81. The van der Waals surface area contributed by atoms with Gasteiger partial charge in [0.1, 0.15) is 5.82 Å². The minimum Gasteiger partial charge on any atom is -0.493 e. The normalized spacial score (nSPS) is 11.0. The molecule has 0 unspecified atom stereocenters. The lowest BCUT2D eigenvalue weighted by Crippen LogP contribution is -2.28. The SMILES string of the molecule is COc1ccc(S(=O)(=O)NCCC(=O)Nc2cc(C)ccn2)cc1OC. The highest BCUT2D eigenvalue weighted by molar-refractivity contribution is 7.89. The quantitative estimate of drug-likeness (QED) is 0.723. The molecule has 1 amide bonds. The zero-order valence-electron chi connectivity index (χ0n) is 14.8. The lowest BCUT2D eigenvalue weighted by Gasteiger charge is -2.11. The maximum absolute atomic E-state index is 12.3. The van der Waals surface area contributed by atoms with Crippen molar-refractivity contribution in [2.24, 2.45) is 0 Å². The molecule has 9 heteroatoms. The van der Waals surface area contributed by atoms with Crippen molar-refractivity contribution < 1.29 is 22.7 Å². The average molecular weight is 379 g/mol. The average Bonchev–Trinajstić information content (AvgIpc) is 2.60. The molecule has 26 heavy (non-hydrogen) atoms. The predicted octanol–water partition coefficient (Wildman–Crippen LogP) is 1.71. The van der Waals surface area contributed by atoms with Gasteiger partial charge in [0.05, 0.1) is 19.1 Å². The third-order valence-corrected chi connectivity index (χ3v) is 4.95. The van der Waals surface area contributed by atoms with E-state index in [1.165, 1.54) is 32.4 Å². The molecular weight excluding hydrogens is 358 g/mol. The second-order valence-electron chi connectivity index (χ2n) is 5.43. The molecule has 0 spiro atoms. The van der Waals surface area contributed by atoms with Crippen LogP contribution in [0.3, 0.4) is 0 Å². The predicted molar refractivity (Wildman–Crippen MR) is 97.0 cm³/mol. The monoisotopic (exact) mass is 379 g/mol. The van der Waals surface area contributed by atoms with Gasteiger partial charge in [-0.3, -0.25) is 4.79 Å². The molecule has 0 radical (unpaired) electrons. The number of anilines is 1. The van der Waals surface area contributed by atoms with Gasteiger partial charge >= 0.3 is 0 Å². The number of amides is 1. The Morgan fingerprint density at radius 2 is 1.85 bits per heavy atom. The lowest BCUT2D eigenvalue weighted by molar-refractivity contribution is -0.116. The number of methoxy groups -OCH3 is 2. The molecule has 0 aliphatic carbocycles. The number of ether oxygens (including phenoxy) is 2. The molecule has 0 fully saturated rings. The minimum absolute atomic E-state index is 0.0240. The van der Waals surface area contributed by atoms with Crippen molar-refractivity contribution in [3.8, 4) is 11.5 Å². The molecule has 2 aromatic rings. The first-order valence-corrected chi connectivity index (χ1v) is 9.28. The van der Waals surface area contributed by atoms with Crippen molar-refractivity contribution in [3.63, 3.8) is 0 Å². The lowest BCUT2D eigenvalue weighted by atomic mass is 10.3. The van der Waals surface area contributed by atoms with E-state index in [1.54, 1.807) is 12.3 Å². The highest BCUT2D eigenvalue weighted by Crippen LogP contribution is 2.29. The smallest absolute Gasteiger partial charge is 0.240 e. The van der Waals surface area contributed by atoms with E-state index >= 15 is 0 Å². The first kappa shape index (κ1) is 19.7. The van der Waals surface area contributed by atoms with E-state index in [4.69, 9.17) is 9.47 Å². The van der Waals surface area contributed by atoms with E-state index in [-0.39, 0.29) is 23.8 Å². The fourth-order valence-electron chi connectivity index (χ4n) is 2.18. The number of nitrogens with one attached hydrogen (secondary N) is 2.